The first-order valence-electron chi connectivity index (χ1n) is 9.71. The number of aliphatic hydroxyl groups is 2. The van der Waals surface area contributed by atoms with Crippen LogP contribution in [0.3, 0.4) is 0 Å². The van der Waals surface area contributed by atoms with E-state index in [2.05, 4.69) is 6.58 Å². The van der Waals surface area contributed by atoms with Crippen LogP contribution in [-0.2, 0) is 32.2 Å². The second kappa shape index (κ2) is 11.2. The predicted molar refractivity (Wildman–Crippen MR) is 108 cm³/mol. The van der Waals surface area contributed by atoms with Gasteiger partial charge in [-0.3, -0.25) is 0 Å². The highest BCUT2D eigenvalue weighted by Gasteiger charge is 2.47. The molecule has 1 fully saturated rings. The maximum absolute atomic E-state index is 10.5. The largest absolute Gasteiger partial charge is 0.394 e. The van der Waals surface area contributed by atoms with E-state index in [0.29, 0.717) is 6.61 Å². The van der Waals surface area contributed by atoms with Crippen LogP contribution < -0.4 is 0 Å². The summed E-state index contributed by atoms with van der Waals surface area (Å²) in [6, 6.07) is 19.4. The summed E-state index contributed by atoms with van der Waals surface area (Å²) >= 11 is 0. The van der Waals surface area contributed by atoms with Crippen LogP contribution in [0, 0.1) is 0 Å². The topological polar surface area (TPSA) is 77.4 Å². The highest BCUT2D eigenvalue weighted by molar-refractivity contribution is 5.14. The molecule has 1 aliphatic rings. The van der Waals surface area contributed by atoms with Crippen LogP contribution in [0.1, 0.15) is 11.1 Å². The monoisotopic (exact) mass is 400 g/mol. The van der Waals surface area contributed by atoms with Gasteiger partial charge in [-0.1, -0.05) is 66.7 Å². The number of benzene rings is 2. The van der Waals surface area contributed by atoms with Gasteiger partial charge >= 0.3 is 0 Å². The molecule has 0 amide bonds. The molecule has 5 atom stereocenters. The van der Waals surface area contributed by atoms with Gasteiger partial charge in [0, 0.05) is 0 Å². The van der Waals surface area contributed by atoms with E-state index in [0.717, 1.165) is 11.1 Å². The number of ether oxygens (including phenoxy) is 4. The van der Waals surface area contributed by atoms with Gasteiger partial charge in [-0.15, -0.1) is 6.58 Å². The molecule has 0 bridgehead atoms. The van der Waals surface area contributed by atoms with Crippen molar-refractivity contribution in [1.29, 1.82) is 0 Å². The predicted octanol–water partition coefficient (Wildman–Crippen LogP) is 2.44. The van der Waals surface area contributed by atoms with Crippen LogP contribution in [0.25, 0.3) is 0 Å². The lowest BCUT2D eigenvalue weighted by Crippen LogP contribution is -2.61. The summed E-state index contributed by atoms with van der Waals surface area (Å²) < 4.78 is 23.6. The van der Waals surface area contributed by atoms with Crippen molar-refractivity contribution in [3.8, 4) is 0 Å². The van der Waals surface area contributed by atoms with Crippen molar-refractivity contribution < 1.29 is 29.2 Å². The lowest BCUT2D eigenvalue weighted by atomic mass is 9.98. The Morgan fingerprint density at radius 1 is 0.828 bits per heavy atom. The molecular formula is C23H28O6. The Balaban J connectivity index is 1.74. The Labute approximate surface area is 171 Å². The van der Waals surface area contributed by atoms with E-state index in [4.69, 9.17) is 18.9 Å². The minimum atomic E-state index is -1.25. The molecule has 6 nitrogen and oxygen atoms in total. The van der Waals surface area contributed by atoms with E-state index in [-0.39, 0.29) is 19.8 Å². The third-order valence-electron chi connectivity index (χ3n) is 4.77. The lowest BCUT2D eigenvalue weighted by molar-refractivity contribution is -0.312. The molecule has 29 heavy (non-hydrogen) atoms. The average molecular weight is 400 g/mol. The van der Waals surface area contributed by atoms with E-state index < -0.39 is 30.7 Å². The van der Waals surface area contributed by atoms with Crippen molar-refractivity contribution in [2.45, 2.75) is 43.9 Å². The fourth-order valence-corrected chi connectivity index (χ4v) is 3.32. The summed E-state index contributed by atoms with van der Waals surface area (Å²) in [5.41, 5.74) is 1.95. The van der Waals surface area contributed by atoms with Crippen molar-refractivity contribution in [2.75, 3.05) is 13.2 Å². The smallest absolute Gasteiger partial charge is 0.184 e. The first-order valence-corrected chi connectivity index (χ1v) is 9.71. The molecule has 1 saturated heterocycles. The number of rotatable bonds is 10. The second-order valence-corrected chi connectivity index (χ2v) is 6.86. The number of hydrogen-bond donors (Lipinski definition) is 2. The molecule has 0 saturated carbocycles. The first-order chi connectivity index (χ1) is 14.2. The van der Waals surface area contributed by atoms with Crippen molar-refractivity contribution in [2.24, 2.45) is 0 Å². The van der Waals surface area contributed by atoms with Crippen LogP contribution in [-0.4, -0.2) is 54.1 Å². The van der Waals surface area contributed by atoms with Gasteiger partial charge in [0.15, 0.2) is 6.29 Å². The molecule has 156 valence electrons. The molecule has 0 unspecified atom stereocenters. The Morgan fingerprint density at radius 3 is 1.90 bits per heavy atom. The van der Waals surface area contributed by atoms with Gasteiger partial charge in [0.25, 0.3) is 0 Å². The Hall–Kier alpha value is -2.06. The number of aliphatic hydroxyl groups excluding tert-OH is 2. The number of hydrogen-bond acceptors (Lipinski definition) is 6. The van der Waals surface area contributed by atoms with Crippen LogP contribution in [0.2, 0.25) is 0 Å². The van der Waals surface area contributed by atoms with Crippen molar-refractivity contribution >= 4 is 0 Å². The molecule has 0 radical (unpaired) electrons. The normalized spacial score (nSPS) is 26.9. The van der Waals surface area contributed by atoms with Gasteiger partial charge in [0.1, 0.15) is 24.4 Å². The minimum Gasteiger partial charge on any atom is -0.394 e. The van der Waals surface area contributed by atoms with E-state index in [1.807, 2.05) is 60.7 Å². The van der Waals surface area contributed by atoms with Gasteiger partial charge in [0.2, 0.25) is 0 Å². The summed E-state index contributed by atoms with van der Waals surface area (Å²) in [7, 11) is 0. The summed E-state index contributed by atoms with van der Waals surface area (Å²) in [5, 5.41) is 20.3. The van der Waals surface area contributed by atoms with E-state index in [9.17, 15) is 10.2 Å². The standard InChI is InChI=1S/C23H28O6/c1-2-13-26-21-20(27-15-17-9-5-3-6-10-17)19(14-24)29-23(25)22(21)28-16-18-11-7-4-8-12-18/h2-12,19-25H,1,13-16H2/t19-,20-,21+,22+,23+/m1/s1. The first kappa shape index (κ1) is 21.6. The lowest BCUT2D eigenvalue weighted by Gasteiger charge is -2.44. The van der Waals surface area contributed by atoms with Gasteiger partial charge < -0.3 is 29.2 Å². The molecule has 2 N–H and O–H groups in total. The fourth-order valence-electron chi connectivity index (χ4n) is 3.32. The van der Waals surface area contributed by atoms with Gasteiger partial charge in [-0.05, 0) is 11.1 Å². The minimum absolute atomic E-state index is 0.256. The molecule has 2 aromatic rings. The third kappa shape index (κ3) is 5.96. The van der Waals surface area contributed by atoms with Crippen LogP contribution in [0.15, 0.2) is 73.3 Å². The maximum Gasteiger partial charge on any atom is 0.184 e. The molecule has 0 spiro atoms. The van der Waals surface area contributed by atoms with Crippen molar-refractivity contribution in [1.82, 2.24) is 0 Å². The summed E-state index contributed by atoms with van der Waals surface area (Å²) in [5.74, 6) is 0. The zero-order valence-corrected chi connectivity index (χ0v) is 16.3. The van der Waals surface area contributed by atoms with E-state index in [1.165, 1.54) is 0 Å². The summed E-state index contributed by atoms with van der Waals surface area (Å²) in [6.07, 6.45) is -2.40. The zero-order valence-electron chi connectivity index (χ0n) is 16.3. The Morgan fingerprint density at radius 2 is 1.38 bits per heavy atom. The van der Waals surface area contributed by atoms with Gasteiger partial charge in [0.05, 0.1) is 26.4 Å². The molecule has 0 aromatic heterocycles. The fraction of sp³-hybridized carbons (Fsp3) is 0.391. The van der Waals surface area contributed by atoms with Gasteiger partial charge in [-0.2, -0.15) is 0 Å². The Bertz CT molecular complexity index is 723. The average Bonchev–Trinajstić information content (AvgIpc) is 2.77. The molecule has 1 aliphatic heterocycles. The quantitative estimate of drug-likeness (QED) is 0.597. The summed E-state index contributed by atoms with van der Waals surface area (Å²) in [4.78, 5) is 0. The molecule has 6 heteroatoms. The van der Waals surface area contributed by atoms with E-state index >= 15 is 0 Å². The molecule has 1 heterocycles. The third-order valence-corrected chi connectivity index (χ3v) is 4.77. The van der Waals surface area contributed by atoms with Crippen LogP contribution in [0.4, 0.5) is 0 Å². The summed E-state index contributed by atoms with van der Waals surface area (Å²) in [6.45, 7) is 4.24. The maximum atomic E-state index is 10.5. The Kier molecular flexibility index (Phi) is 8.37. The highest BCUT2D eigenvalue weighted by Crippen LogP contribution is 2.28. The highest BCUT2D eigenvalue weighted by atomic mass is 16.7. The van der Waals surface area contributed by atoms with Crippen molar-refractivity contribution in [3.63, 3.8) is 0 Å². The van der Waals surface area contributed by atoms with Gasteiger partial charge in [-0.25, -0.2) is 0 Å². The van der Waals surface area contributed by atoms with Crippen LogP contribution in [0.5, 0.6) is 0 Å². The molecule has 0 aliphatic carbocycles. The molecule has 3 rings (SSSR count). The van der Waals surface area contributed by atoms with Crippen molar-refractivity contribution in [3.05, 3.63) is 84.4 Å². The second-order valence-electron chi connectivity index (χ2n) is 6.86. The molecule has 2 aromatic carbocycles. The van der Waals surface area contributed by atoms with Crippen LogP contribution >= 0.6 is 0 Å². The zero-order chi connectivity index (χ0) is 20.5. The SMILES string of the molecule is C=CCO[C@@H]1[C@H](OCc2ccccc2)[C@@H](O)O[C@H](CO)[C@H]1OCc1ccccc1. The molecular weight excluding hydrogens is 372 g/mol. The van der Waals surface area contributed by atoms with E-state index in [1.54, 1.807) is 6.08 Å².